The minimum absolute atomic E-state index is 0.308. The van der Waals surface area contributed by atoms with Crippen molar-refractivity contribution >= 4 is 21.8 Å². The summed E-state index contributed by atoms with van der Waals surface area (Å²) in [6.45, 7) is 0.846. The fourth-order valence-corrected chi connectivity index (χ4v) is 2.72. The molecule has 0 spiro atoms. The molecule has 1 aliphatic rings. The summed E-state index contributed by atoms with van der Waals surface area (Å²) in [4.78, 5) is 14.3. The summed E-state index contributed by atoms with van der Waals surface area (Å²) in [7, 11) is 0. The number of carbonyl (C=O) groups is 1. The molecule has 0 N–H and O–H groups in total. The lowest BCUT2D eigenvalue weighted by molar-refractivity contribution is -0.134. The maximum atomic E-state index is 12.2. The molecule has 2 nitrogen and oxygen atoms in total. The number of nitrogens with zero attached hydrogens (tertiary/aromatic N) is 1. The number of rotatable bonds is 6. The second kappa shape index (κ2) is 6.93. The van der Waals surface area contributed by atoms with Crippen LogP contribution in [-0.4, -0.2) is 28.7 Å². The van der Waals surface area contributed by atoms with Crippen molar-refractivity contribution in [3.63, 3.8) is 0 Å². The van der Waals surface area contributed by atoms with Gasteiger partial charge in [-0.2, -0.15) is 0 Å². The lowest BCUT2D eigenvalue weighted by atomic mass is 9.91. The van der Waals surface area contributed by atoms with Gasteiger partial charge in [0.1, 0.15) is 0 Å². The first-order chi connectivity index (χ1) is 8.81. The van der Waals surface area contributed by atoms with Gasteiger partial charge < -0.3 is 4.90 Å². The largest absolute Gasteiger partial charge is 0.339 e. The van der Waals surface area contributed by atoms with Crippen molar-refractivity contribution in [1.82, 2.24) is 4.90 Å². The van der Waals surface area contributed by atoms with E-state index in [0.717, 1.165) is 18.3 Å². The minimum atomic E-state index is 0.308. The number of carbonyl (C=O) groups excluding carboxylic acids is 1. The lowest BCUT2D eigenvalue weighted by Crippen LogP contribution is -2.45. The first-order valence-corrected chi connectivity index (χ1v) is 7.83. The van der Waals surface area contributed by atoms with Crippen molar-refractivity contribution in [2.45, 2.75) is 38.1 Å². The summed E-state index contributed by atoms with van der Waals surface area (Å²) in [5, 5.41) is 0.876. The highest BCUT2D eigenvalue weighted by atomic mass is 79.9. The molecule has 0 saturated heterocycles. The second-order valence-electron chi connectivity index (χ2n) is 4.85. The number of alkyl halides is 1. The van der Waals surface area contributed by atoms with Crippen LogP contribution in [0, 0.1) is 0 Å². The number of hydrogen-bond donors (Lipinski definition) is 0. The Balaban J connectivity index is 1.85. The minimum Gasteiger partial charge on any atom is -0.339 e. The summed E-state index contributed by atoms with van der Waals surface area (Å²) in [6, 6.07) is 10.8. The molecule has 1 aromatic carbocycles. The van der Waals surface area contributed by atoms with Gasteiger partial charge in [0.05, 0.1) is 0 Å². The number of aryl methyl sites for hydroxylation is 1. The van der Waals surface area contributed by atoms with Gasteiger partial charge in [-0.3, -0.25) is 4.79 Å². The zero-order chi connectivity index (χ0) is 12.8. The van der Waals surface area contributed by atoms with Gasteiger partial charge in [-0.15, -0.1) is 0 Å². The van der Waals surface area contributed by atoms with Gasteiger partial charge in [0.25, 0.3) is 0 Å². The molecule has 0 heterocycles. The maximum Gasteiger partial charge on any atom is 0.223 e. The molecule has 18 heavy (non-hydrogen) atoms. The highest BCUT2D eigenvalue weighted by Gasteiger charge is 2.27. The maximum absolute atomic E-state index is 12.2. The molecule has 0 aliphatic heterocycles. The van der Waals surface area contributed by atoms with Crippen LogP contribution in [0.5, 0.6) is 0 Å². The van der Waals surface area contributed by atoms with Crippen molar-refractivity contribution in [2.75, 3.05) is 11.9 Å². The molecule has 0 atom stereocenters. The van der Waals surface area contributed by atoms with E-state index in [0.29, 0.717) is 18.4 Å². The smallest absolute Gasteiger partial charge is 0.223 e. The predicted octanol–water partition coefficient (Wildman–Crippen LogP) is 3.40. The zero-order valence-corrected chi connectivity index (χ0v) is 12.2. The van der Waals surface area contributed by atoms with E-state index in [2.05, 4.69) is 33.0 Å². The molecule has 1 saturated carbocycles. The molecule has 0 aromatic heterocycles. The Labute approximate surface area is 117 Å². The first-order valence-electron chi connectivity index (χ1n) is 6.70. The van der Waals surface area contributed by atoms with Gasteiger partial charge in [-0.05, 0) is 31.2 Å². The van der Waals surface area contributed by atoms with Gasteiger partial charge in [0.15, 0.2) is 0 Å². The van der Waals surface area contributed by atoms with Crippen LogP contribution < -0.4 is 0 Å². The van der Waals surface area contributed by atoms with Crippen molar-refractivity contribution in [3.8, 4) is 0 Å². The van der Waals surface area contributed by atoms with Crippen LogP contribution in [-0.2, 0) is 11.2 Å². The molecule has 0 unspecified atom stereocenters. The molecule has 98 valence electrons. The summed E-state index contributed by atoms with van der Waals surface area (Å²) >= 11 is 3.44. The number of hydrogen-bond acceptors (Lipinski definition) is 1. The quantitative estimate of drug-likeness (QED) is 0.738. The molecule has 3 heteroatoms. The first kappa shape index (κ1) is 13.6. The Morgan fingerprint density at radius 1 is 1.28 bits per heavy atom. The van der Waals surface area contributed by atoms with Crippen molar-refractivity contribution < 1.29 is 4.79 Å². The molecule has 1 fully saturated rings. The highest BCUT2D eigenvalue weighted by Crippen LogP contribution is 2.25. The van der Waals surface area contributed by atoms with Crippen LogP contribution in [0.3, 0.4) is 0 Å². The normalized spacial score (nSPS) is 15.2. The van der Waals surface area contributed by atoms with Gasteiger partial charge in [0.2, 0.25) is 5.91 Å². The van der Waals surface area contributed by atoms with Crippen LogP contribution in [0.2, 0.25) is 0 Å². The summed E-state index contributed by atoms with van der Waals surface area (Å²) < 4.78 is 0. The highest BCUT2D eigenvalue weighted by molar-refractivity contribution is 9.09. The Kier molecular flexibility index (Phi) is 5.24. The molecule has 1 aromatic rings. The van der Waals surface area contributed by atoms with E-state index in [1.807, 2.05) is 18.2 Å². The van der Waals surface area contributed by atoms with Gasteiger partial charge in [-0.25, -0.2) is 0 Å². The van der Waals surface area contributed by atoms with Gasteiger partial charge in [-0.1, -0.05) is 46.3 Å². The van der Waals surface area contributed by atoms with Crippen LogP contribution in [0.1, 0.15) is 31.2 Å². The Bertz CT molecular complexity index is 375. The van der Waals surface area contributed by atoms with E-state index < -0.39 is 0 Å². The van der Waals surface area contributed by atoms with Crippen molar-refractivity contribution in [2.24, 2.45) is 0 Å². The molecule has 1 aliphatic carbocycles. The fourth-order valence-electron chi connectivity index (χ4n) is 2.34. The average molecular weight is 310 g/mol. The predicted molar refractivity (Wildman–Crippen MR) is 77.9 cm³/mol. The van der Waals surface area contributed by atoms with Gasteiger partial charge in [0, 0.05) is 24.3 Å². The van der Waals surface area contributed by atoms with Crippen molar-refractivity contribution in [3.05, 3.63) is 35.9 Å². The molecular weight excluding hydrogens is 290 g/mol. The number of halogens is 1. The lowest BCUT2D eigenvalue weighted by Gasteiger charge is -2.37. The van der Waals surface area contributed by atoms with Crippen LogP contribution in [0.25, 0.3) is 0 Å². The van der Waals surface area contributed by atoms with Crippen LogP contribution >= 0.6 is 15.9 Å². The third-order valence-corrected chi connectivity index (χ3v) is 3.99. The third-order valence-electron chi connectivity index (χ3n) is 3.63. The van der Waals surface area contributed by atoms with E-state index in [4.69, 9.17) is 0 Å². The second-order valence-corrected chi connectivity index (χ2v) is 5.64. The van der Waals surface area contributed by atoms with Crippen LogP contribution in [0.15, 0.2) is 30.3 Å². The summed E-state index contributed by atoms with van der Waals surface area (Å²) in [5.74, 6) is 0.308. The summed E-state index contributed by atoms with van der Waals surface area (Å²) in [6.07, 6.45) is 5.13. The Hall–Kier alpha value is -0.830. The molecule has 2 rings (SSSR count). The topological polar surface area (TPSA) is 20.3 Å². The molecule has 0 radical (unpaired) electrons. The molecule has 1 amide bonds. The standard InChI is InChI=1S/C15H20BrNO/c16-11-12-17(14-7-4-8-14)15(18)10-9-13-5-2-1-3-6-13/h1-3,5-6,14H,4,7-12H2. The van der Waals surface area contributed by atoms with E-state index in [1.165, 1.54) is 24.8 Å². The van der Waals surface area contributed by atoms with E-state index in [9.17, 15) is 4.79 Å². The Morgan fingerprint density at radius 3 is 2.56 bits per heavy atom. The average Bonchev–Trinajstić information content (AvgIpc) is 2.34. The zero-order valence-electron chi connectivity index (χ0n) is 10.6. The van der Waals surface area contributed by atoms with Gasteiger partial charge >= 0.3 is 0 Å². The monoisotopic (exact) mass is 309 g/mol. The Morgan fingerprint density at radius 2 is 2.00 bits per heavy atom. The number of benzene rings is 1. The molecular formula is C15H20BrNO. The SMILES string of the molecule is O=C(CCc1ccccc1)N(CCBr)C1CCC1. The third kappa shape index (κ3) is 3.58. The molecule has 0 bridgehead atoms. The van der Waals surface area contributed by atoms with E-state index >= 15 is 0 Å². The number of amides is 1. The van der Waals surface area contributed by atoms with Crippen molar-refractivity contribution in [1.29, 1.82) is 0 Å². The van der Waals surface area contributed by atoms with E-state index in [-0.39, 0.29) is 0 Å². The fraction of sp³-hybridized carbons (Fsp3) is 0.533. The summed E-state index contributed by atoms with van der Waals surface area (Å²) in [5.41, 5.74) is 1.25. The van der Waals surface area contributed by atoms with E-state index in [1.54, 1.807) is 0 Å². The van der Waals surface area contributed by atoms with Crippen LogP contribution in [0.4, 0.5) is 0 Å².